The first kappa shape index (κ1) is 9.62. The first-order valence-corrected chi connectivity index (χ1v) is 5.04. The zero-order chi connectivity index (χ0) is 8.36. The van der Waals surface area contributed by atoms with Gasteiger partial charge in [0.25, 0.3) is 0 Å². The van der Waals surface area contributed by atoms with Crippen molar-refractivity contribution in [2.45, 2.75) is 25.5 Å². The van der Waals surface area contributed by atoms with Crippen molar-refractivity contribution in [1.82, 2.24) is 0 Å². The summed E-state index contributed by atoms with van der Waals surface area (Å²) in [5, 5.41) is -0.799. The first-order valence-electron chi connectivity index (χ1n) is 3.09. The fourth-order valence-electron chi connectivity index (χ4n) is 0.892. The van der Waals surface area contributed by atoms with Crippen molar-refractivity contribution >= 4 is 15.6 Å². The SMILES string of the molecule is CCC(C(C)=O)S(C)(=O)=O. The number of carbonyl (C=O) groups is 1. The highest BCUT2D eigenvalue weighted by Crippen LogP contribution is 2.04. The molecule has 0 amide bonds. The minimum Gasteiger partial charge on any atom is -0.299 e. The Morgan fingerprint density at radius 2 is 1.90 bits per heavy atom. The van der Waals surface area contributed by atoms with Crippen molar-refractivity contribution in [3.05, 3.63) is 0 Å². The Hall–Kier alpha value is -0.380. The summed E-state index contributed by atoms with van der Waals surface area (Å²) in [6.07, 6.45) is 1.46. The van der Waals surface area contributed by atoms with Crippen LogP contribution < -0.4 is 0 Å². The molecule has 4 heteroatoms. The van der Waals surface area contributed by atoms with Gasteiger partial charge in [-0.1, -0.05) is 6.92 Å². The topological polar surface area (TPSA) is 51.2 Å². The van der Waals surface area contributed by atoms with Crippen LogP contribution in [0.5, 0.6) is 0 Å². The Morgan fingerprint density at radius 1 is 1.50 bits per heavy atom. The van der Waals surface area contributed by atoms with Crippen LogP contribution in [0.2, 0.25) is 0 Å². The quantitative estimate of drug-likeness (QED) is 0.606. The first-order chi connectivity index (χ1) is 4.39. The second kappa shape index (κ2) is 3.14. The average Bonchev–Trinajstić information content (AvgIpc) is 1.60. The van der Waals surface area contributed by atoms with Crippen LogP contribution in [0.1, 0.15) is 20.3 Å². The number of rotatable bonds is 3. The predicted molar refractivity (Wildman–Crippen MR) is 39.6 cm³/mol. The molecule has 0 saturated carbocycles. The predicted octanol–water partition coefficient (Wildman–Crippen LogP) is 0.399. The Balaban J connectivity index is 4.55. The van der Waals surface area contributed by atoms with E-state index < -0.39 is 15.1 Å². The van der Waals surface area contributed by atoms with E-state index in [0.29, 0.717) is 6.42 Å². The smallest absolute Gasteiger partial charge is 0.157 e. The molecule has 3 nitrogen and oxygen atoms in total. The zero-order valence-electron chi connectivity index (χ0n) is 6.42. The molecule has 10 heavy (non-hydrogen) atoms. The second-order valence-electron chi connectivity index (χ2n) is 2.34. The van der Waals surface area contributed by atoms with Crippen LogP contribution in [-0.4, -0.2) is 25.7 Å². The molecule has 0 radical (unpaired) electrons. The Kier molecular flexibility index (Phi) is 3.02. The van der Waals surface area contributed by atoms with Gasteiger partial charge in [0.15, 0.2) is 9.84 Å². The monoisotopic (exact) mass is 164 g/mol. The Labute approximate surface area is 61.4 Å². The fraction of sp³-hybridized carbons (Fsp3) is 0.833. The van der Waals surface area contributed by atoms with E-state index in [1.54, 1.807) is 6.92 Å². The van der Waals surface area contributed by atoms with Gasteiger partial charge in [-0.25, -0.2) is 8.42 Å². The molecule has 0 bridgehead atoms. The third-order valence-corrected chi connectivity index (χ3v) is 3.04. The molecular formula is C6H12O3S. The van der Waals surface area contributed by atoms with Crippen molar-refractivity contribution < 1.29 is 13.2 Å². The van der Waals surface area contributed by atoms with Crippen LogP contribution in [0.4, 0.5) is 0 Å². The third-order valence-electron chi connectivity index (χ3n) is 1.34. The summed E-state index contributed by atoms with van der Waals surface area (Å²) in [4.78, 5) is 10.6. The number of sulfone groups is 1. The molecule has 1 atom stereocenters. The average molecular weight is 164 g/mol. The van der Waals surface area contributed by atoms with Gasteiger partial charge in [-0.05, 0) is 13.3 Å². The van der Waals surface area contributed by atoms with Crippen molar-refractivity contribution in [2.24, 2.45) is 0 Å². The molecule has 0 rings (SSSR count). The maximum absolute atomic E-state index is 10.8. The summed E-state index contributed by atoms with van der Waals surface area (Å²) in [7, 11) is -3.16. The number of hydrogen-bond donors (Lipinski definition) is 0. The van der Waals surface area contributed by atoms with Gasteiger partial charge in [-0.2, -0.15) is 0 Å². The number of ketones is 1. The lowest BCUT2D eigenvalue weighted by molar-refractivity contribution is -0.116. The molecule has 0 fully saturated rings. The van der Waals surface area contributed by atoms with E-state index in [1.807, 2.05) is 0 Å². The van der Waals surface area contributed by atoms with Crippen molar-refractivity contribution in [3.8, 4) is 0 Å². The maximum atomic E-state index is 10.8. The number of carbonyl (C=O) groups excluding carboxylic acids is 1. The minimum atomic E-state index is -3.16. The summed E-state index contributed by atoms with van der Waals surface area (Å²) in [5.41, 5.74) is 0. The van der Waals surface area contributed by atoms with E-state index in [0.717, 1.165) is 6.26 Å². The van der Waals surface area contributed by atoms with Crippen molar-refractivity contribution in [2.75, 3.05) is 6.26 Å². The molecule has 0 aliphatic carbocycles. The van der Waals surface area contributed by atoms with Crippen LogP contribution in [0.15, 0.2) is 0 Å². The third kappa shape index (κ3) is 2.47. The van der Waals surface area contributed by atoms with Gasteiger partial charge in [-0.15, -0.1) is 0 Å². The van der Waals surface area contributed by atoms with Gasteiger partial charge < -0.3 is 0 Å². The summed E-state index contributed by atoms with van der Waals surface area (Å²) < 4.78 is 21.6. The number of hydrogen-bond acceptors (Lipinski definition) is 3. The molecule has 0 spiro atoms. The highest BCUT2D eigenvalue weighted by atomic mass is 32.2. The largest absolute Gasteiger partial charge is 0.299 e. The molecule has 0 aliphatic rings. The lowest BCUT2D eigenvalue weighted by Gasteiger charge is -2.06. The van der Waals surface area contributed by atoms with E-state index in [2.05, 4.69) is 0 Å². The van der Waals surface area contributed by atoms with Gasteiger partial charge >= 0.3 is 0 Å². The van der Waals surface area contributed by atoms with Gasteiger partial charge in [0.05, 0.1) is 0 Å². The maximum Gasteiger partial charge on any atom is 0.157 e. The molecule has 0 aliphatic heterocycles. The number of Topliss-reactive ketones (excluding diaryl/α,β-unsaturated/α-hetero) is 1. The van der Waals surface area contributed by atoms with E-state index in [-0.39, 0.29) is 5.78 Å². The molecule has 0 heterocycles. The highest BCUT2D eigenvalue weighted by molar-refractivity contribution is 7.92. The summed E-state index contributed by atoms with van der Waals surface area (Å²) in [5.74, 6) is -0.273. The van der Waals surface area contributed by atoms with E-state index >= 15 is 0 Å². The lowest BCUT2D eigenvalue weighted by Crippen LogP contribution is -2.26. The van der Waals surface area contributed by atoms with Gasteiger partial charge in [0.1, 0.15) is 11.0 Å². The summed E-state index contributed by atoms with van der Waals surface area (Å²) in [6.45, 7) is 2.99. The standard InChI is InChI=1S/C6H12O3S/c1-4-6(5(2)7)10(3,8)9/h6H,4H2,1-3H3. The Bertz CT molecular complexity index is 215. The molecule has 0 aromatic heterocycles. The van der Waals surface area contributed by atoms with Crippen molar-refractivity contribution in [3.63, 3.8) is 0 Å². The molecule has 0 aromatic carbocycles. The van der Waals surface area contributed by atoms with Crippen LogP contribution in [-0.2, 0) is 14.6 Å². The van der Waals surface area contributed by atoms with Crippen LogP contribution in [0.25, 0.3) is 0 Å². The van der Waals surface area contributed by atoms with E-state index in [9.17, 15) is 13.2 Å². The van der Waals surface area contributed by atoms with Crippen LogP contribution in [0, 0.1) is 0 Å². The highest BCUT2D eigenvalue weighted by Gasteiger charge is 2.22. The fourth-order valence-corrected chi connectivity index (χ4v) is 2.10. The van der Waals surface area contributed by atoms with E-state index in [4.69, 9.17) is 0 Å². The normalized spacial score (nSPS) is 14.7. The zero-order valence-corrected chi connectivity index (χ0v) is 7.23. The molecule has 0 aromatic rings. The molecule has 1 unspecified atom stereocenters. The van der Waals surface area contributed by atoms with E-state index in [1.165, 1.54) is 6.92 Å². The summed E-state index contributed by atoms with van der Waals surface area (Å²) >= 11 is 0. The van der Waals surface area contributed by atoms with Gasteiger partial charge in [-0.3, -0.25) is 4.79 Å². The Morgan fingerprint density at radius 3 is 1.90 bits per heavy atom. The molecular weight excluding hydrogens is 152 g/mol. The lowest BCUT2D eigenvalue weighted by atomic mass is 10.2. The minimum absolute atomic E-state index is 0.273. The van der Waals surface area contributed by atoms with Gasteiger partial charge in [0.2, 0.25) is 0 Å². The van der Waals surface area contributed by atoms with Crippen LogP contribution in [0.3, 0.4) is 0 Å². The summed E-state index contributed by atoms with van der Waals surface area (Å²) in [6, 6.07) is 0. The van der Waals surface area contributed by atoms with Gasteiger partial charge in [0, 0.05) is 6.26 Å². The second-order valence-corrected chi connectivity index (χ2v) is 4.57. The molecule has 0 N–H and O–H groups in total. The molecule has 0 saturated heterocycles. The molecule has 60 valence electrons. The van der Waals surface area contributed by atoms with Crippen LogP contribution >= 0.6 is 0 Å². The van der Waals surface area contributed by atoms with Crippen molar-refractivity contribution in [1.29, 1.82) is 0 Å².